The predicted molar refractivity (Wildman–Crippen MR) is 145 cm³/mol. The van der Waals surface area contributed by atoms with Crippen LogP contribution in [0.2, 0.25) is 0 Å². The van der Waals surface area contributed by atoms with Gasteiger partial charge >= 0.3 is 0 Å². The lowest BCUT2D eigenvalue weighted by atomic mass is 9.47. The molecule has 0 spiro atoms. The molecule has 1 aromatic heterocycles. The number of fused-ring (bicyclic) bond motifs is 2. The highest BCUT2D eigenvalue weighted by Crippen LogP contribution is 2.62. The van der Waals surface area contributed by atoms with Gasteiger partial charge in [0.05, 0.1) is 18.4 Å². The summed E-state index contributed by atoms with van der Waals surface area (Å²) in [6.45, 7) is 3.87. The fourth-order valence-electron chi connectivity index (χ4n) is 6.42. The standard InChI is InChI=1S/C29H32FN3O4S/c1-28-12-11-23(35)29(2,16-34)22(28)15-21-25(20(28)14-24(36)31-19-9-4-3-5-10-19)32-27(38-21)33-26(37)17-7-6-8-18(30)13-17/h3-10,13,20,22-23,34-35H,11-12,14-16H2,1-2H3,(H,31,36)(H,32,33,37). The number of carbonyl (C=O) groups is 2. The van der Waals surface area contributed by atoms with Gasteiger partial charge < -0.3 is 15.5 Å². The molecule has 0 saturated heterocycles. The average molecular weight is 538 g/mol. The lowest BCUT2D eigenvalue weighted by Gasteiger charge is -2.58. The first-order chi connectivity index (χ1) is 18.1. The van der Waals surface area contributed by atoms with Gasteiger partial charge in [-0.25, -0.2) is 9.37 Å². The molecule has 7 nitrogen and oxygen atoms in total. The van der Waals surface area contributed by atoms with Crippen LogP contribution in [0.5, 0.6) is 0 Å². The maximum Gasteiger partial charge on any atom is 0.257 e. The molecule has 1 heterocycles. The Kier molecular flexibility index (Phi) is 7.11. The number of nitrogens with one attached hydrogen (secondary N) is 2. The number of nitrogens with zero attached hydrogens (tertiary/aromatic N) is 1. The lowest BCUT2D eigenvalue weighted by Crippen LogP contribution is -2.57. The van der Waals surface area contributed by atoms with Crippen molar-refractivity contribution in [3.63, 3.8) is 0 Å². The molecule has 1 fully saturated rings. The van der Waals surface area contributed by atoms with Crippen LogP contribution in [0.1, 0.15) is 60.0 Å². The number of halogens is 1. The number of aromatic nitrogens is 1. The van der Waals surface area contributed by atoms with Crippen molar-refractivity contribution in [2.24, 2.45) is 16.7 Å². The first kappa shape index (κ1) is 26.5. The van der Waals surface area contributed by atoms with E-state index in [9.17, 15) is 24.2 Å². The van der Waals surface area contributed by atoms with Crippen molar-refractivity contribution in [2.75, 3.05) is 17.2 Å². The van der Waals surface area contributed by atoms with Crippen molar-refractivity contribution in [1.82, 2.24) is 4.98 Å². The number of rotatable bonds is 6. The molecule has 5 atom stereocenters. The molecule has 38 heavy (non-hydrogen) atoms. The fourth-order valence-corrected chi connectivity index (χ4v) is 7.48. The summed E-state index contributed by atoms with van der Waals surface area (Å²) >= 11 is 1.33. The van der Waals surface area contributed by atoms with Gasteiger partial charge in [0.2, 0.25) is 5.91 Å². The summed E-state index contributed by atoms with van der Waals surface area (Å²) in [6.07, 6.45) is 1.28. The summed E-state index contributed by atoms with van der Waals surface area (Å²) in [5.41, 5.74) is 0.510. The molecular weight excluding hydrogens is 505 g/mol. The summed E-state index contributed by atoms with van der Waals surface area (Å²) < 4.78 is 13.7. The molecule has 2 aromatic carbocycles. The highest BCUT2D eigenvalue weighted by molar-refractivity contribution is 7.15. The van der Waals surface area contributed by atoms with Crippen LogP contribution in [0.4, 0.5) is 15.2 Å². The zero-order valence-corrected chi connectivity index (χ0v) is 22.2. The van der Waals surface area contributed by atoms with Gasteiger partial charge in [0.1, 0.15) is 5.82 Å². The lowest BCUT2D eigenvalue weighted by molar-refractivity contribution is -0.143. The number of hydrogen-bond acceptors (Lipinski definition) is 6. The molecule has 9 heteroatoms. The first-order valence-electron chi connectivity index (χ1n) is 12.8. The van der Waals surface area contributed by atoms with Gasteiger partial charge in [-0.15, -0.1) is 11.3 Å². The fraction of sp³-hybridized carbons (Fsp3) is 0.414. The summed E-state index contributed by atoms with van der Waals surface area (Å²) in [7, 11) is 0. The SMILES string of the molecule is CC1(CO)C(O)CCC2(C)C(CC(=O)Nc3ccccc3)c3nc(NC(=O)c4cccc(F)c4)sc3CC12. The van der Waals surface area contributed by atoms with Crippen LogP contribution >= 0.6 is 11.3 Å². The molecule has 0 aliphatic heterocycles. The summed E-state index contributed by atoms with van der Waals surface area (Å²) in [6, 6.07) is 14.7. The monoisotopic (exact) mass is 537 g/mol. The summed E-state index contributed by atoms with van der Waals surface area (Å²) in [4.78, 5) is 31.8. The van der Waals surface area contributed by atoms with Crippen molar-refractivity contribution < 1.29 is 24.2 Å². The number of aliphatic hydroxyl groups excluding tert-OH is 2. The van der Waals surface area contributed by atoms with E-state index in [0.29, 0.717) is 30.1 Å². The third kappa shape index (κ3) is 4.74. The van der Waals surface area contributed by atoms with E-state index in [1.54, 1.807) is 0 Å². The van der Waals surface area contributed by atoms with E-state index in [0.717, 1.165) is 10.6 Å². The number of carbonyl (C=O) groups excluding carboxylic acids is 2. The largest absolute Gasteiger partial charge is 0.396 e. The Bertz CT molecular complexity index is 1350. The van der Waals surface area contributed by atoms with Gasteiger partial charge in [-0.05, 0) is 60.9 Å². The maximum absolute atomic E-state index is 13.7. The molecule has 5 unspecified atom stereocenters. The van der Waals surface area contributed by atoms with E-state index in [2.05, 4.69) is 17.6 Å². The number of amides is 2. The van der Waals surface area contributed by atoms with E-state index in [-0.39, 0.29) is 36.3 Å². The molecule has 1 saturated carbocycles. The quantitative estimate of drug-likeness (QED) is 0.355. The molecule has 0 bridgehead atoms. The van der Waals surface area contributed by atoms with Gasteiger partial charge in [-0.3, -0.25) is 14.9 Å². The Morgan fingerprint density at radius 3 is 2.61 bits per heavy atom. The molecule has 2 aliphatic carbocycles. The minimum absolute atomic E-state index is 0.0991. The Hall–Kier alpha value is -3.14. The van der Waals surface area contributed by atoms with Crippen molar-refractivity contribution in [1.29, 1.82) is 0 Å². The van der Waals surface area contributed by atoms with Crippen LogP contribution < -0.4 is 10.6 Å². The maximum atomic E-state index is 13.7. The van der Waals surface area contributed by atoms with Crippen LogP contribution in [0.3, 0.4) is 0 Å². The highest BCUT2D eigenvalue weighted by atomic mass is 32.1. The molecular formula is C29H32FN3O4S. The van der Waals surface area contributed by atoms with E-state index in [1.165, 1.54) is 35.6 Å². The molecule has 2 aliphatic rings. The van der Waals surface area contributed by atoms with E-state index in [4.69, 9.17) is 4.98 Å². The molecule has 200 valence electrons. The zero-order valence-electron chi connectivity index (χ0n) is 21.4. The van der Waals surface area contributed by atoms with Crippen LogP contribution in [-0.4, -0.2) is 39.7 Å². The Balaban J connectivity index is 1.49. The van der Waals surface area contributed by atoms with Crippen LogP contribution in [0.25, 0.3) is 0 Å². The van der Waals surface area contributed by atoms with Gasteiger partial charge in [-0.2, -0.15) is 0 Å². The minimum Gasteiger partial charge on any atom is -0.396 e. The molecule has 2 amide bonds. The smallest absolute Gasteiger partial charge is 0.257 e. The molecule has 3 aromatic rings. The average Bonchev–Trinajstić information content (AvgIpc) is 3.30. The van der Waals surface area contributed by atoms with Gasteiger partial charge in [0.15, 0.2) is 5.13 Å². The zero-order chi connectivity index (χ0) is 27.1. The van der Waals surface area contributed by atoms with E-state index in [1.807, 2.05) is 37.3 Å². The number of benzene rings is 2. The number of hydrogen-bond donors (Lipinski definition) is 4. The number of thiazole rings is 1. The topological polar surface area (TPSA) is 112 Å². The molecule has 5 rings (SSSR count). The second kappa shape index (κ2) is 10.2. The third-order valence-electron chi connectivity index (χ3n) is 8.65. The first-order valence-corrected chi connectivity index (χ1v) is 13.7. The Morgan fingerprint density at radius 1 is 1.13 bits per heavy atom. The molecule has 0 radical (unpaired) electrons. The second-order valence-electron chi connectivity index (χ2n) is 10.9. The van der Waals surface area contributed by atoms with Crippen LogP contribution in [-0.2, 0) is 11.2 Å². The number of anilines is 2. The van der Waals surface area contributed by atoms with Crippen LogP contribution in [0.15, 0.2) is 54.6 Å². The number of aliphatic hydroxyl groups is 2. The van der Waals surface area contributed by atoms with Crippen molar-refractivity contribution >= 4 is 34.0 Å². The Labute approximate surface area is 225 Å². The van der Waals surface area contributed by atoms with Gasteiger partial charge in [0, 0.05) is 33.9 Å². The second-order valence-corrected chi connectivity index (χ2v) is 12.0. The van der Waals surface area contributed by atoms with Crippen LogP contribution in [0, 0.1) is 22.6 Å². The predicted octanol–water partition coefficient (Wildman–Crippen LogP) is 4.98. The van der Waals surface area contributed by atoms with Gasteiger partial charge in [-0.1, -0.05) is 38.1 Å². The third-order valence-corrected chi connectivity index (χ3v) is 9.66. The van der Waals surface area contributed by atoms with E-state index < -0.39 is 28.7 Å². The number of para-hydroxylation sites is 1. The van der Waals surface area contributed by atoms with E-state index >= 15 is 0 Å². The molecule has 4 N–H and O–H groups in total. The normalized spacial score (nSPS) is 28.2. The Morgan fingerprint density at radius 2 is 1.89 bits per heavy atom. The van der Waals surface area contributed by atoms with Crippen molar-refractivity contribution in [2.45, 2.75) is 51.6 Å². The van der Waals surface area contributed by atoms with Gasteiger partial charge in [0.25, 0.3) is 5.91 Å². The summed E-state index contributed by atoms with van der Waals surface area (Å²) in [5.74, 6) is -1.50. The minimum atomic E-state index is -0.742. The van der Waals surface area contributed by atoms with Crippen molar-refractivity contribution in [3.05, 3.63) is 76.5 Å². The summed E-state index contributed by atoms with van der Waals surface area (Å²) in [5, 5.41) is 27.5. The highest BCUT2D eigenvalue weighted by Gasteiger charge is 2.59. The van der Waals surface area contributed by atoms with Crippen molar-refractivity contribution in [3.8, 4) is 0 Å².